The second-order valence-corrected chi connectivity index (χ2v) is 4.84. The first-order valence-corrected chi connectivity index (χ1v) is 6.63. The van der Waals surface area contributed by atoms with Gasteiger partial charge in [-0.15, -0.1) is 0 Å². The standard InChI is InChI=1S/C17H15NO3/c1-21-13-8-6-12(7-9-13)10-18-11-15(17(19)20)14-4-2-3-5-16(14)18/h2-9,11H,10H2,1H3,(H,19,20). The summed E-state index contributed by atoms with van der Waals surface area (Å²) in [7, 11) is 1.63. The molecule has 0 bridgehead atoms. The number of hydrogen-bond acceptors (Lipinski definition) is 2. The second-order valence-electron chi connectivity index (χ2n) is 4.84. The van der Waals surface area contributed by atoms with Crippen LogP contribution in [0.2, 0.25) is 0 Å². The SMILES string of the molecule is COc1ccc(Cn2cc(C(=O)O)c3ccccc32)cc1. The number of fused-ring (bicyclic) bond motifs is 1. The fourth-order valence-electron chi connectivity index (χ4n) is 2.48. The predicted octanol–water partition coefficient (Wildman–Crippen LogP) is 3.40. The van der Waals surface area contributed by atoms with Gasteiger partial charge in [0.2, 0.25) is 0 Å². The molecule has 0 aliphatic rings. The third-order valence-corrected chi connectivity index (χ3v) is 3.53. The summed E-state index contributed by atoms with van der Waals surface area (Å²) in [5.74, 6) is -0.0954. The number of benzene rings is 2. The average Bonchev–Trinajstić information content (AvgIpc) is 2.87. The Kier molecular flexibility index (Phi) is 3.36. The molecule has 1 heterocycles. The number of nitrogens with zero attached hydrogens (tertiary/aromatic N) is 1. The van der Waals surface area contributed by atoms with Gasteiger partial charge in [0.1, 0.15) is 5.75 Å². The molecule has 21 heavy (non-hydrogen) atoms. The molecule has 1 aromatic heterocycles. The maximum Gasteiger partial charge on any atom is 0.337 e. The normalized spacial score (nSPS) is 10.7. The summed E-state index contributed by atoms with van der Waals surface area (Å²) in [6, 6.07) is 15.3. The number of aromatic carboxylic acids is 1. The van der Waals surface area contributed by atoms with Gasteiger partial charge in [-0.25, -0.2) is 4.79 Å². The first-order chi connectivity index (χ1) is 10.2. The van der Waals surface area contributed by atoms with Gasteiger partial charge in [-0.3, -0.25) is 0 Å². The molecule has 2 aromatic carbocycles. The fraction of sp³-hybridized carbons (Fsp3) is 0.118. The topological polar surface area (TPSA) is 51.5 Å². The number of ether oxygens (including phenoxy) is 1. The van der Waals surface area contributed by atoms with E-state index in [4.69, 9.17) is 4.74 Å². The molecule has 0 radical (unpaired) electrons. The molecule has 0 aliphatic heterocycles. The lowest BCUT2D eigenvalue weighted by Gasteiger charge is -2.06. The Morgan fingerprint density at radius 1 is 1.14 bits per heavy atom. The van der Waals surface area contributed by atoms with Gasteiger partial charge in [-0.05, 0) is 23.8 Å². The number of rotatable bonds is 4. The van der Waals surface area contributed by atoms with E-state index in [-0.39, 0.29) is 0 Å². The van der Waals surface area contributed by atoms with E-state index in [1.165, 1.54) is 0 Å². The van der Waals surface area contributed by atoms with Crippen LogP contribution in [0.3, 0.4) is 0 Å². The van der Waals surface area contributed by atoms with Gasteiger partial charge < -0.3 is 14.4 Å². The van der Waals surface area contributed by atoms with Gasteiger partial charge in [0.25, 0.3) is 0 Å². The minimum atomic E-state index is -0.903. The third-order valence-electron chi connectivity index (χ3n) is 3.53. The summed E-state index contributed by atoms with van der Waals surface area (Å²) in [4.78, 5) is 11.3. The van der Waals surface area contributed by atoms with Gasteiger partial charge >= 0.3 is 5.97 Å². The van der Waals surface area contributed by atoms with Crippen molar-refractivity contribution in [3.05, 3.63) is 65.9 Å². The summed E-state index contributed by atoms with van der Waals surface area (Å²) in [5.41, 5.74) is 2.35. The number of aromatic nitrogens is 1. The van der Waals surface area contributed by atoms with Crippen molar-refractivity contribution >= 4 is 16.9 Å². The van der Waals surface area contributed by atoms with E-state index >= 15 is 0 Å². The van der Waals surface area contributed by atoms with Crippen molar-refractivity contribution in [2.45, 2.75) is 6.54 Å². The van der Waals surface area contributed by atoms with Crippen LogP contribution in [0.15, 0.2) is 54.7 Å². The van der Waals surface area contributed by atoms with Crippen molar-refractivity contribution in [2.24, 2.45) is 0 Å². The second kappa shape index (κ2) is 5.32. The molecule has 4 nitrogen and oxygen atoms in total. The molecule has 0 spiro atoms. The van der Waals surface area contributed by atoms with E-state index in [0.717, 1.165) is 22.2 Å². The first-order valence-electron chi connectivity index (χ1n) is 6.63. The summed E-state index contributed by atoms with van der Waals surface area (Å²) >= 11 is 0. The quantitative estimate of drug-likeness (QED) is 0.797. The van der Waals surface area contributed by atoms with Crippen LogP contribution in [0, 0.1) is 0 Å². The van der Waals surface area contributed by atoms with Crippen LogP contribution in [-0.2, 0) is 6.54 Å². The molecular formula is C17H15NO3. The van der Waals surface area contributed by atoms with Gasteiger partial charge in [0.05, 0.1) is 12.7 Å². The van der Waals surface area contributed by atoms with E-state index in [1.807, 2.05) is 53.1 Å². The molecule has 0 amide bonds. The maximum atomic E-state index is 11.3. The van der Waals surface area contributed by atoms with E-state index in [9.17, 15) is 9.90 Å². The Bertz CT molecular complexity index is 787. The fourth-order valence-corrected chi connectivity index (χ4v) is 2.48. The summed E-state index contributed by atoms with van der Waals surface area (Å²) < 4.78 is 7.10. The maximum absolute atomic E-state index is 11.3. The number of carboxylic acids is 1. The lowest BCUT2D eigenvalue weighted by molar-refractivity contribution is 0.0699. The number of hydrogen-bond donors (Lipinski definition) is 1. The molecule has 3 rings (SSSR count). The van der Waals surface area contributed by atoms with E-state index < -0.39 is 5.97 Å². The molecule has 0 saturated heterocycles. The molecule has 0 fully saturated rings. The minimum Gasteiger partial charge on any atom is -0.497 e. The molecule has 0 saturated carbocycles. The Morgan fingerprint density at radius 3 is 2.52 bits per heavy atom. The van der Waals surface area contributed by atoms with Gasteiger partial charge in [0.15, 0.2) is 0 Å². The minimum absolute atomic E-state index is 0.333. The van der Waals surface area contributed by atoms with Crippen molar-refractivity contribution in [3.63, 3.8) is 0 Å². The van der Waals surface area contributed by atoms with Crippen LogP contribution in [-0.4, -0.2) is 22.8 Å². The highest BCUT2D eigenvalue weighted by atomic mass is 16.5. The highest BCUT2D eigenvalue weighted by Gasteiger charge is 2.13. The number of carboxylic acid groups (broad SMARTS) is 1. The molecule has 0 aliphatic carbocycles. The summed E-state index contributed by atoms with van der Waals surface area (Å²) in [6.45, 7) is 0.623. The smallest absolute Gasteiger partial charge is 0.337 e. The molecule has 1 N–H and O–H groups in total. The highest BCUT2D eigenvalue weighted by molar-refractivity contribution is 6.03. The molecule has 3 aromatic rings. The number of carbonyl (C=O) groups is 1. The van der Waals surface area contributed by atoms with Crippen LogP contribution >= 0.6 is 0 Å². The zero-order chi connectivity index (χ0) is 14.8. The number of para-hydroxylation sites is 1. The molecular weight excluding hydrogens is 266 g/mol. The zero-order valence-corrected chi connectivity index (χ0v) is 11.6. The van der Waals surface area contributed by atoms with E-state index in [1.54, 1.807) is 13.3 Å². The van der Waals surface area contributed by atoms with E-state index in [2.05, 4.69) is 0 Å². The van der Waals surface area contributed by atoms with Crippen LogP contribution in [0.5, 0.6) is 5.75 Å². The Morgan fingerprint density at radius 2 is 1.86 bits per heavy atom. The average molecular weight is 281 g/mol. The Labute approximate surface area is 122 Å². The van der Waals surface area contributed by atoms with Crippen molar-refractivity contribution < 1.29 is 14.6 Å². The molecule has 106 valence electrons. The summed E-state index contributed by atoms with van der Waals surface area (Å²) in [5, 5.41) is 10.1. The van der Waals surface area contributed by atoms with Crippen LogP contribution < -0.4 is 4.74 Å². The summed E-state index contributed by atoms with van der Waals surface area (Å²) in [6.07, 6.45) is 1.69. The van der Waals surface area contributed by atoms with Crippen LogP contribution in [0.4, 0.5) is 0 Å². The van der Waals surface area contributed by atoms with Crippen molar-refractivity contribution in [3.8, 4) is 5.75 Å². The van der Waals surface area contributed by atoms with Crippen molar-refractivity contribution in [1.29, 1.82) is 0 Å². The monoisotopic (exact) mass is 281 g/mol. The molecule has 0 atom stereocenters. The van der Waals surface area contributed by atoms with E-state index in [0.29, 0.717) is 12.1 Å². The first kappa shape index (κ1) is 13.2. The lowest BCUT2D eigenvalue weighted by atomic mass is 10.2. The van der Waals surface area contributed by atoms with Crippen LogP contribution in [0.1, 0.15) is 15.9 Å². The largest absolute Gasteiger partial charge is 0.497 e. The van der Waals surface area contributed by atoms with Crippen molar-refractivity contribution in [1.82, 2.24) is 4.57 Å². The van der Waals surface area contributed by atoms with Crippen molar-refractivity contribution in [2.75, 3.05) is 7.11 Å². The number of methoxy groups -OCH3 is 1. The Hall–Kier alpha value is -2.75. The van der Waals surface area contributed by atoms with Crippen LogP contribution in [0.25, 0.3) is 10.9 Å². The van der Waals surface area contributed by atoms with Gasteiger partial charge in [0, 0.05) is 23.6 Å². The molecule has 0 unspecified atom stereocenters. The van der Waals surface area contributed by atoms with Gasteiger partial charge in [-0.2, -0.15) is 0 Å². The highest BCUT2D eigenvalue weighted by Crippen LogP contribution is 2.23. The predicted molar refractivity (Wildman–Crippen MR) is 81.0 cm³/mol. The zero-order valence-electron chi connectivity index (χ0n) is 11.6. The Balaban J connectivity index is 2.01. The third kappa shape index (κ3) is 2.48. The lowest BCUT2D eigenvalue weighted by Crippen LogP contribution is -1.99. The van der Waals surface area contributed by atoms with Gasteiger partial charge in [-0.1, -0.05) is 30.3 Å². The molecule has 4 heteroatoms.